The van der Waals surface area contributed by atoms with Gasteiger partial charge in [-0.1, -0.05) is 30.3 Å². The molecule has 0 spiro atoms. The Kier molecular flexibility index (Phi) is 6.28. The van der Waals surface area contributed by atoms with Gasteiger partial charge in [-0.15, -0.1) is 0 Å². The van der Waals surface area contributed by atoms with Crippen molar-refractivity contribution < 1.29 is 14.3 Å². The number of fused-ring (bicyclic) bond motifs is 1. The Morgan fingerprint density at radius 3 is 2.45 bits per heavy atom. The molecule has 0 radical (unpaired) electrons. The van der Waals surface area contributed by atoms with Crippen LogP contribution < -0.4 is 4.74 Å². The van der Waals surface area contributed by atoms with Gasteiger partial charge in [0.15, 0.2) is 0 Å². The number of ether oxygens (including phenoxy) is 2. The lowest BCUT2D eigenvalue weighted by atomic mass is 10.1. The maximum atomic E-state index is 12.7. The highest BCUT2D eigenvalue weighted by molar-refractivity contribution is 5.93. The van der Waals surface area contributed by atoms with Gasteiger partial charge in [0.2, 0.25) is 0 Å². The monoisotopic (exact) mass is 394 g/mol. The number of hydrogen-bond donors (Lipinski definition) is 0. The topological polar surface area (TPSA) is 43.7 Å². The maximum absolute atomic E-state index is 12.7. The lowest BCUT2D eigenvalue weighted by Gasteiger charge is -2.19. The zero-order chi connectivity index (χ0) is 21.0. The van der Waals surface area contributed by atoms with Crippen LogP contribution in [0.15, 0.2) is 54.7 Å². The average Bonchev–Trinajstić information content (AvgIpc) is 3.02. The van der Waals surface area contributed by atoms with Crippen molar-refractivity contribution in [3.8, 4) is 5.75 Å². The number of hydrogen-bond acceptors (Lipinski definition) is 4. The number of rotatable bonds is 6. The van der Waals surface area contributed by atoms with Crippen LogP contribution in [0.3, 0.4) is 0 Å². The molecule has 0 aliphatic carbocycles. The van der Waals surface area contributed by atoms with Crippen molar-refractivity contribution in [1.82, 2.24) is 9.47 Å². The third kappa shape index (κ3) is 5.61. The van der Waals surface area contributed by atoms with Gasteiger partial charge in [-0.2, -0.15) is 0 Å². The van der Waals surface area contributed by atoms with E-state index in [-0.39, 0.29) is 6.09 Å². The highest BCUT2D eigenvalue weighted by Gasteiger charge is 2.21. The Morgan fingerprint density at radius 2 is 1.79 bits per heavy atom. The summed E-state index contributed by atoms with van der Waals surface area (Å²) >= 11 is 0. The van der Waals surface area contributed by atoms with Crippen molar-refractivity contribution in [2.75, 3.05) is 20.6 Å². The summed E-state index contributed by atoms with van der Waals surface area (Å²) in [6.07, 6.45) is 2.36. The largest absolute Gasteiger partial charge is 0.489 e. The summed E-state index contributed by atoms with van der Waals surface area (Å²) in [5, 5.41) is 1.02. The molecule has 0 saturated heterocycles. The van der Waals surface area contributed by atoms with Crippen LogP contribution in [0.4, 0.5) is 4.79 Å². The lowest BCUT2D eigenvalue weighted by molar-refractivity contribution is 0.0544. The Hall–Kier alpha value is -2.79. The van der Waals surface area contributed by atoms with E-state index in [1.807, 2.05) is 89.6 Å². The van der Waals surface area contributed by atoms with E-state index in [2.05, 4.69) is 4.90 Å². The van der Waals surface area contributed by atoms with Crippen molar-refractivity contribution in [3.63, 3.8) is 0 Å². The molecule has 0 N–H and O–H groups in total. The molecule has 1 aromatic heterocycles. The molecule has 3 rings (SSSR count). The fourth-order valence-electron chi connectivity index (χ4n) is 3.11. The molecule has 0 fully saturated rings. The van der Waals surface area contributed by atoms with Crippen LogP contribution in [-0.2, 0) is 17.8 Å². The van der Waals surface area contributed by atoms with Gasteiger partial charge in [0, 0.05) is 18.1 Å². The summed E-state index contributed by atoms with van der Waals surface area (Å²) in [5.41, 5.74) is 2.51. The van der Waals surface area contributed by atoms with Gasteiger partial charge in [0.1, 0.15) is 18.0 Å². The summed E-state index contributed by atoms with van der Waals surface area (Å²) < 4.78 is 13.2. The smallest absolute Gasteiger partial charge is 0.419 e. The fraction of sp³-hybridized carbons (Fsp3) is 0.375. The van der Waals surface area contributed by atoms with Crippen molar-refractivity contribution in [3.05, 3.63) is 65.9 Å². The number of benzene rings is 2. The molecule has 2 aromatic carbocycles. The van der Waals surface area contributed by atoms with E-state index in [9.17, 15) is 4.79 Å². The first-order chi connectivity index (χ1) is 13.7. The first-order valence-electron chi connectivity index (χ1n) is 9.92. The second-order valence-electron chi connectivity index (χ2n) is 8.51. The molecular weight excluding hydrogens is 364 g/mol. The number of nitrogens with zero attached hydrogens (tertiary/aromatic N) is 2. The van der Waals surface area contributed by atoms with E-state index < -0.39 is 5.60 Å². The molecule has 0 atom stereocenters. The molecule has 29 heavy (non-hydrogen) atoms. The molecule has 0 saturated carbocycles. The quantitative estimate of drug-likeness (QED) is 0.583. The summed E-state index contributed by atoms with van der Waals surface area (Å²) in [6, 6.07) is 15.9. The van der Waals surface area contributed by atoms with Crippen LogP contribution >= 0.6 is 0 Å². The van der Waals surface area contributed by atoms with Crippen molar-refractivity contribution in [2.45, 2.75) is 39.4 Å². The molecule has 3 aromatic rings. The van der Waals surface area contributed by atoms with Gasteiger partial charge in [0.25, 0.3) is 0 Å². The summed E-state index contributed by atoms with van der Waals surface area (Å²) in [7, 11) is 4.09. The summed E-state index contributed by atoms with van der Waals surface area (Å²) in [5.74, 6) is 0.786. The van der Waals surface area contributed by atoms with E-state index in [1.54, 1.807) is 4.57 Å². The molecule has 0 amide bonds. The minimum atomic E-state index is -0.545. The highest BCUT2D eigenvalue weighted by atomic mass is 16.6. The predicted molar refractivity (Wildman–Crippen MR) is 117 cm³/mol. The minimum absolute atomic E-state index is 0.364. The van der Waals surface area contributed by atoms with Crippen LogP contribution in [0.5, 0.6) is 5.75 Å². The zero-order valence-corrected chi connectivity index (χ0v) is 17.9. The minimum Gasteiger partial charge on any atom is -0.489 e. The van der Waals surface area contributed by atoms with Gasteiger partial charge in [-0.3, -0.25) is 4.57 Å². The Morgan fingerprint density at radius 1 is 1.07 bits per heavy atom. The molecule has 0 aliphatic heterocycles. The number of carbonyl (C=O) groups excluding carboxylic acids is 1. The first kappa shape index (κ1) is 20.9. The fourth-order valence-corrected chi connectivity index (χ4v) is 3.11. The average molecular weight is 395 g/mol. The SMILES string of the molecule is CN(C)CCc1cn(C(=O)OC(C)(C)C)c2ccc(OCc3ccccc3)cc12. The number of aromatic nitrogens is 1. The molecule has 0 bridgehead atoms. The predicted octanol–water partition coefficient (Wildman–Crippen LogP) is 5.11. The first-order valence-corrected chi connectivity index (χ1v) is 9.92. The Labute approximate surface area is 172 Å². The molecule has 154 valence electrons. The van der Waals surface area contributed by atoms with Crippen LogP contribution in [0.2, 0.25) is 0 Å². The normalized spacial score (nSPS) is 11.8. The van der Waals surface area contributed by atoms with E-state index >= 15 is 0 Å². The number of carbonyl (C=O) groups is 1. The second kappa shape index (κ2) is 8.70. The van der Waals surface area contributed by atoms with Gasteiger partial charge < -0.3 is 14.4 Å². The lowest BCUT2D eigenvalue weighted by Crippen LogP contribution is -2.26. The van der Waals surface area contributed by atoms with Gasteiger partial charge in [-0.05, 0) is 70.6 Å². The Balaban J connectivity index is 1.91. The highest BCUT2D eigenvalue weighted by Crippen LogP contribution is 2.28. The molecule has 5 nitrogen and oxygen atoms in total. The molecular formula is C24H30N2O3. The van der Waals surface area contributed by atoms with Crippen LogP contribution in [0.25, 0.3) is 10.9 Å². The zero-order valence-electron chi connectivity index (χ0n) is 17.9. The van der Waals surface area contributed by atoms with E-state index in [1.165, 1.54) is 0 Å². The summed E-state index contributed by atoms with van der Waals surface area (Å²) in [4.78, 5) is 14.9. The summed E-state index contributed by atoms with van der Waals surface area (Å²) in [6.45, 7) is 7.02. The molecule has 0 aliphatic rings. The van der Waals surface area contributed by atoms with Crippen LogP contribution in [-0.4, -0.2) is 41.8 Å². The van der Waals surface area contributed by atoms with Gasteiger partial charge >= 0.3 is 6.09 Å². The van der Waals surface area contributed by atoms with Crippen molar-refractivity contribution >= 4 is 17.0 Å². The van der Waals surface area contributed by atoms with Gasteiger partial charge in [-0.25, -0.2) is 4.79 Å². The van der Waals surface area contributed by atoms with E-state index in [4.69, 9.17) is 9.47 Å². The third-order valence-electron chi connectivity index (χ3n) is 4.53. The van der Waals surface area contributed by atoms with E-state index in [0.717, 1.165) is 40.7 Å². The van der Waals surface area contributed by atoms with Crippen molar-refractivity contribution in [2.24, 2.45) is 0 Å². The van der Waals surface area contributed by atoms with Crippen LogP contribution in [0, 0.1) is 0 Å². The van der Waals surface area contributed by atoms with Crippen LogP contribution in [0.1, 0.15) is 31.9 Å². The number of likely N-dealkylation sites (N-methyl/N-ethyl adjacent to an activating group) is 1. The van der Waals surface area contributed by atoms with E-state index in [0.29, 0.717) is 6.61 Å². The van der Waals surface area contributed by atoms with Crippen molar-refractivity contribution in [1.29, 1.82) is 0 Å². The molecule has 1 heterocycles. The third-order valence-corrected chi connectivity index (χ3v) is 4.53. The van der Waals surface area contributed by atoms with Gasteiger partial charge in [0.05, 0.1) is 5.52 Å². The maximum Gasteiger partial charge on any atom is 0.419 e. The Bertz CT molecular complexity index is 969. The molecule has 0 unspecified atom stereocenters. The second-order valence-corrected chi connectivity index (χ2v) is 8.51. The molecule has 5 heteroatoms. The standard InChI is InChI=1S/C24H30N2O3/c1-24(2,3)29-23(27)26-16-19(13-14-25(4)5)21-15-20(11-12-22(21)26)28-17-18-9-7-6-8-10-18/h6-12,15-16H,13-14,17H2,1-5H3.